The number of aromatic nitrogens is 2. The second kappa shape index (κ2) is 11.2. The second-order valence-electron chi connectivity index (χ2n) is 11.5. The number of rotatable bonds is 6. The van der Waals surface area contributed by atoms with Crippen molar-refractivity contribution in [2.24, 2.45) is 0 Å². The lowest BCUT2D eigenvalue weighted by Crippen LogP contribution is -2.50. The quantitative estimate of drug-likeness (QED) is 0.343. The van der Waals surface area contributed by atoms with Crippen molar-refractivity contribution in [1.82, 2.24) is 14.9 Å². The fourth-order valence-corrected chi connectivity index (χ4v) is 6.57. The van der Waals surface area contributed by atoms with Gasteiger partial charge in [0.15, 0.2) is 6.10 Å². The molecule has 2 N–H and O–H groups in total. The van der Waals surface area contributed by atoms with E-state index < -0.39 is 17.7 Å². The number of hydrogen-bond donors (Lipinski definition) is 2. The molecular weight excluding hydrogens is 546 g/mol. The Hall–Kier alpha value is -2.85. The topological polar surface area (TPSA) is 90.8 Å². The number of hydrogen-bond acceptors (Lipinski definition) is 8. The number of halogens is 1. The number of piperazine rings is 1. The first-order chi connectivity index (χ1) is 18.9. The maximum Gasteiger partial charge on any atom is 0.337 e. The van der Waals surface area contributed by atoms with Crippen LogP contribution in [0.15, 0.2) is 47.5 Å². The molecule has 40 heavy (non-hydrogen) atoms. The molecule has 0 amide bonds. The third-order valence-electron chi connectivity index (χ3n) is 7.32. The Morgan fingerprint density at radius 2 is 1.95 bits per heavy atom. The molecule has 1 unspecified atom stereocenters. The zero-order valence-corrected chi connectivity index (χ0v) is 25.3. The van der Waals surface area contributed by atoms with Crippen LogP contribution in [0.3, 0.4) is 0 Å². The molecule has 2 aliphatic rings. The summed E-state index contributed by atoms with van der Waals surface area (Å²) in [5, 5.41) is 14.4. The number of thioether (sulfide) groups is 1. The lowest BCUT2D eigenvalue weighted by Gasteiger charge is -2.37. The SMILES string of the molecule is Cc1cc2c(c(-c3ccc(Cl)cc3)c1[C@H](OC(C)(C)C)C(=O)O)SC(c1ccnc(N3CCN(C)[C@H](C)C3)n1)N2. The molecule has 0 aliphatic carbocycles. The number of aryl methyl sites for hydroxylation is 1. The predicted molar refractivity (Wildman–Crippen MR) is 161 cm³/mol. The van der Waals surface area contributed by atoms with Crippen LogP contribution in [0, 0.1) is 6.92 Å². The number of carboxylic acid groups (broad SMARTS) is 1. The summed E-state index contributed by atoms with van der Waals surface area (Å²) in [6.07, 6.45) is 0.681. The van der Waals surface area contributed by atoms with Gasteiger partial charge in [0, 0.05) is 58.6 Å². The van der Waals surface area contributed by atoms with Crippen molar-refractivity contribution >= 4 is 41.0 Å². The lowest BCUT2D eigenvalue weighted by molar-refractivity contribution is -0.160. The average molecular weight is 582 g/mol. The predicted octanol–water partition coefficient (Wildman–Crippen LogP) is 6.40. The van der Waals surface area contributed by atoms with Crippen LogP contribution >= 0.6 is 23.4 Å². The van der Waals surface area contributed by atoms with Crippen LogP contribution in [0.5, 0.6) is 0 Å². The van der Waals surface area contributed by atoms with E-state index in [0.717, 1.165) is 58.5 Å². The van der Waals surface area contributed by atoms with Crippen molar-refractivity contribution < 1.29 is 14.6 Å². The summed E-state index contributed by atoms with van der Waals surface area (Å²) in [6, 6.07) is 11.9. The molecule has 2 aliphatic heterocycles. The number of anilines is 2. The van der Waals surface area contributed by atoms with Crippen molar-refractivity contribution in [2.75, 3.05) is 36.9 Å². The lowest BCUT2D eigenvalue weighted by atomic mass is 9.91. The third kappa shape index (κ3) is 5.93. The summed E-state index contributed by atoms with van der Waals surface area (Å²) >= 11 is 7.86. The van der Waals surface area contributed by atoms with Gasteiger partial charge in [-0.3, -0.25) is 0 Å². The van der Waals surface area contributed by atoms with E-state index in [2.05, 4.69) is 34.1 Å². The van der Waals surface area contributed by atoms with Crippen molar-refractivity contribution in [3.63, 3.8) is 0 Å². The number of nitrogens with one attached hydrogen (secondary N) is 1. The highest BCUT2D eigenvalue weighted by atomic mass is 35.5. The molecule has 0 radical (unpaired) electrons. The van der Waals surface area contributed by atoms with Gasteiger partial charge >= 0.3 is 5.97 Å². The normalized spacial score (nSPS) is 20.2. The number of benzene rings is 2. The van der Waals surface area contributed by atoms with Gasteiger partial charge in [0.1, 0.15) is 5.37 Å². The minimum absolute atomic E-state index is 0.158. The van der Waals surface area contributed by atoms with E-state index in [1.165, 1.54) is 0 Å². The third-order valence-corrected chi connectivity index (χ3v) is 8.82. The van der Waals surface area contributed by atoms with Crippen LogP contribution in [-0.2, 0) is 9.53 Å². The zero-order chi connectivity index (χ0) is 28.8. The van der Waals surface area contributed by atoms with Crippen molar-refractivity contribution in [3.05, 3.63) is 64.4 Å². The first-order valence-corrected chi connectivity index (χ1v) is 14.7. The smallest absolute Gasteiger partial charge is 0.337 e. The van der Waals surface area contributed by atoms with Gasteiger partial charge in [-0.15, -0.1) is 0 Å². The van der Waals surface area contributed by atoms with E-state index >= 15 is 0 Å². The summed E-state index contributed by atoms with van der Waals surface area (Å²) in [6.45, 7) is 12.5. The molecule has 3 heterocycles. The molecule has 1 fully saturated rings. The van der Waals surface area contributed by atoms with Crippen LogP contribution in [0.4, 0.5) is 11.6 Å². The Bertz CT molecular complexity index is 1410. The number of carboxylic acids is 1. The Balaban J connectivity index is 1.56. The number of nitrogens with zero attached hydrogens (tertiary/aromatic N) is 4. The van der Waals surface area contributed by atoms with E-state index in [1.807, 2.05) is 70.3 Å². The van der Waals surface area contributed by atoms with Gasteiger partial charge in [0.05, 0.1) is 11.3 Å². The standard InChI is InChI=1S/C30H36ClN5O3S/c1-17-15-22-26(24(19-7-9-20(31)10-8-19)23(17)25(28(37)38)39-30(3,4)5)40-27(33-22)21-11-12-32-29(34-21)36-14-13-35(6)18(2)16-36/h7-12,15,18,25,27,33H,13-14,16H2,1-6H3,(H,37,38)/t18-,25+,27?/m1/s1. The van der Waals surface area contributed by atoms with E-state index in [1.54, 1.807) is 11.8 Å². The molecule has 0 bridgehead atoms. The van der Waals surface area contributed by atoms with Crippen LogP contribution < -0.4 is 10.2 Å². The van der Waals surface area contributed by atoms with Crippen molar-refractivity contribution in [2.45, 2.75) is 62.6 Å². The molecule has 5 rings (SSSR count). The molecule has 0 saturated carbocycles. The molecule has 3 aromatic rings. The van der Waals surface area contributed by atoms with Crippen LogP contribution in [0.2, 0.25) is 5.02 Å². The molecule has 0 spiro atoms. The van der Waals surface area contributed by atoms with Crippen LogP contribution in [0.25, 0.3) is 11.1 Å². The van der Waals surface area contributed by atoms with Crippen molar-refractivity contribution in [3.8, 4) is 11.1 Å². The van der Waals surface area contributed by atoms with Gasteiger partial charge in [0.25, 0.3) is 0 Å². The summed E-state index contributed by atoms with van der Waals surface area (Å²) in [5.41, 5.74) is 4.36. The van der Waals surface area contributed by atoms with Gasteiger partial charge in [-0.25, -0.2) is 14.8 Å². The van der Waals surface area contributed by atoms with E-state index in [9.17, 15) is 9.90 Å². The Labute approximate surface area is 245 Å². The monoisotopic (exact) mass is 581 g/mol. The van der Waals surface area contributed by atoms with Gasteiger partial charge < -0.3 is 25.0 Å². The van der Waals surface area contributed by atoms with Gasteiger partial charge in [-0.05, 0) is 77.1 Å². The first-order valence-electron chi connectivity index (χ1n) is 13.5. The molecule has 10 heteroatoms. The summed E-state index contributed by atoms with van der Waals surface area (Å²) in [4.78, 5) is 27.7. The molecule has 212 valence electrons. The van der Waals surface area contributed by atoms with E-state index in [4.69, 9.17) is 21.3 Å². The van der Waals surface area contributed by atoms with E-state index in [0.29, 0.717) is 16.6 Å². The highest BCUT2D eigenvalue weighted by Gasteiger charge is 2.36. The highest BCUT2D eigenvalue weighted by molar-refractivity contribution is 8.00. The number of aliphatic carboxylic acids is 1. The summed E-state index contributed by atoms with van der Waals surface area (Å²) in [7, 11) is 2.14. The molecule has 3 atom stereocenters. The largest absolute Gasteiger partial charge is 0.479 e. The number of ether oxygens (including phenoxy) is 1. The zero-order valence-electron chi connectivity index (χ0n) is 23.7. The maximum absolute atomic E-state index is 12.6. The summed E-state index contributed by atoms with van der Waals surface area (Å²) in [5.74, 6) is -0.294. The number of fused-ring (bicyclic) bond motifs is 1. The van der Waals surface area contributed by atoms with Crippen LogP contribution in [0.1, 0.15) is 56.0 Å². The van der Waals surface area contributed by atoms with Crippen LogP contribution in [-0.4, -0.2) is 64.3 Å². The Morgan fingerprint density at radius 3 is 2.60 bits per heavy atom. The maximum atomic E-state index is 12.6. The molecule has 1 aromatic heterocycles. The van der Waals surface area contributed by atoms with Gasteiger partial charge in [-0.1, -0.05) is 35.5 Å². The Kier molecular flexibility index (Phi) is 8.03. The fourth-order valence-electron chi connectivity index (χ4n) is 5.18. The average Bonchev–Trinajstić information content (AvgIpc) is 3.32. The highest BCUT2D eigenvalue weighted by Crippen LogP contribution is 2.54. The van der Waals surface area contributed by atoms with Crippen molar-refractivity contribution in [1.29, 1.82) is 0 Å². The molecular formula is C30H36ClN5O3S. The second-order valence-corrected chi connectivity index (χ2v) is 13.1. The Morgan fingerprint density at radius 1 is 1.23 bits per heavy atom. The number of likely N-dealkylation sites (N-methyl/N-ethyl adjacent to an activating group) is 1. The molecule has 2 aromatic carbocycles. The summed E-state index contributed by atoms with van der Waals surface area (Å²) < 4.78 is 6.14. The number of carbonyl (C=O) groups is 1. The minimum atomic E-state index is -1.14. The minimum Gasteiger partial charge on any atom is -0.479 e. The van der Waals surface area contributed by atoms with Gasteiger partial charge in [0.2, 0.25) is 5.95 Å². The molecule has 8 nitrogen and oxygen atoms in total. The fraction of sp³-hybridized carbons (Fsp3) is 0.433. The van der Waals surface area contributed by atoms with Gasteiger partial charge in [-0.2, -0.15) is 0 Å². The van der Waals surface area contributed by atoms with E-state index in [-0.39, 0.29) is 5.37 Å². The molecule has 1 saturated heterocycles. The first kappa shape index (κ1) is 28.7.